The summed E-state index contributed by atoms with van der Waals surface area (Å²) in [5, 5.41) is 3.42. The number of pyridine rings is 1. The van der Waals surface area contributed by atoms with Gasteiger partial charge in [-0.2, -0.15) is 0 Å². The number of nitrogens with zero attached hydrogens (tertiary/aromatic N) is 1. The van der Waals surface area contributed by atoms with Gasteiger partial charge in [0.15, 0.2) is 0 Å². The van der Waals surface area contributed by atoms with Gasteiger partial charge in [-0.15, -0.1) is 0 Å². The van der Waals surface area contributed by atoms with Crippen molar-refractivity contribution >= 4 is 29.6 Å². The molecule has 30 heavy (non-hydrogen) atoms. The number of carbonyl (C=O) groups excluding carboxylic acids is 2. The average molecular weight is 423 g/mol. The lowest BCUT2D eigenvalue weighted by atomic mass is 10.1. The third kappa shape index (κ3) is 5.91. The van der Waals surface area contributed by atoms with Crippen LogP contribution in [0.25, 0.3) is 0 Å². The highest BCUT2D eigenvalue weighted by Gasteiger charge is 2.11. The number of ether oxygens (including phenoxy) is 1. The summed E-state index contributed by atoms with van der Waals surface area (Å²) in [6, 6.07) is 17.4. The van der Waals surface area contributed by atoms with Gasteiger partial charge in [0, 0.05) is 33.8 Å². The van der Waals surface area contributed by atoms with Crippen LogP contribution in [0.3, 0.4) is 0 Å². The molecular weight excluding hydrogens is 400 g/mol. The van der Waals surface area contributed by atoms with E-state index in [4.69, 9.17) is 16.3 Å². The molecular formula is C24H23ClN2O3. The molecule has 6 heteroatoms. The van der Waals surface area contributed by atoms with Crippen LogP contribution in [-0.2, 0) is 6.42 Å². The molecule has 3 aromatic rings. The van der Waals surface area contributed by atoms with E-state index in [1.807, 2.05) is 24.3 Å². The maximum atomic E-state index is 12.5. The molecule has 1 amide bonds. The first-order valence-corrected chi connectivity index (χ1v) is 10.1. The Morgan fingerprint density at radius 3 is 2.60 bits per heavy atom. The first kappa shape index (κ1) is 21.5. The number of hydrogen-bond donors (Lipinski definition) is 1. The predicted molar refractivity (Wildman–Crippen MR) is 119 cm³/mol. The van der Waals surface area contributed by atoms with Crippen molar-refractivity contribution in [3.63, 3.8) is 0 Å². The van der Waals surface area contributed by atoms with E-state index in [0.717, 1.165) is 23.3 Å². The zero-order valence-electron chi connectivity index (χ0n) is 16.9. The van der Waals surface area contributed by atoms with Crippen LogP contribution in [0.2, 0.25) is 5.02 Å². The number of hydrogen-bond acceptors (Lipinski definition) is 4. The summed E-state index contributed by atoms with van der Waals surface area (Å²) in [4.78, 5) is 27.8. The number of anilines is 1. The van der Waals surface area contributed by atoms with Gasteiger partial charge in [-0.05, 0) is 48.4 Å². The molecule has 0 aliphatic heterocycles. The van der Waals surface area contributed by atoms with E-state index in [1.165, 1.54) is 0 Å². The van der Waals surface area contributed by atoms with Gasteiger partial charge >= 0.3 is 0 Å². The zero-order valence-corrected chi connectivity index (χ0v) is 17.6. The summed E-state index contributed by atoms with van der Waals surface area (Å²) in [7, 11) is 0. The molecule has 0 saturated carbocycles. The quantitative estimate of drug-likeness (QED) is 0.492. The molecule has 0 spiro atoms. The number of halogens is 1. The van der Waals surface area contributed by atoms with Crippen molar-refractivity contribution in [1.82, 2.24) is 4.98 Å². The van der Waals surface area contributed by atoms with Crippen LogP contribution >= 0.6 is 11.6 Å². The lowest BCUT2D eigenvalue weighted by molar-refractivity contribution is 0.102. The first-order valence-electron chi connectivity index (χ1n) is 9.68. The van der Waals surface area contributed by atoms with Crippen LogP contribution in [0.5, 0.6) is 5.75 Å². The van der Waals surface area contributed by atoms with Gasteiger partial charge in [-0.25, -0.2) is 4.98 Å². The maximum Gasteiger partial charge on any atom is 0.256 e. The van der Waals surface area contributed by atoms with Crippen molar-refractivity contribution in [3.05, 3.63) is 88.1 Å². The number of amides is 1. The maximum absolute atomic E-state index is 12.5. The fourth-order valence-corrected chi connectivity index (χ4v) is 3.02. The van der Waals surface area contributed by atoms with Gasteiger partial charge in [0.2, 0.25) is 0 Å². The Morgan fingerprint density at radius 1 is 1.13 bits per heavy atom. The third-order valence-electron chi connectivity index (χ3n) is 4.32. The Bertz CT molecular complexity index is 1030. The van der Waals surface area contributed by atoms with Crippen LogP contribution in [-0.4, -0.2) is 23.8 Å². The highest BCUT2D eigenvalue weighted by Crippen LogP contribution is 2.26. The van der Waals surface area contributed by atoms with Crippen molar-refractivity contribution in [2.75, 3.05) is 11.9 Å². The molecule has 0 aliphatic rings. The van der Waals surface area contributed by atoms with E-state index >= 15 is 0 Å². The van der Waals surface area contributed by atoms with Crippen LogP contribution in [0.15, 0.2) is 60.7 Å². The molecule has 2 aromatic carbocycles. The van der Waals surface area contributed by atoms with Gasteiger partial charge in [0.05, 0.1) is 6.61 Å². The molecule has 5 nitrogen and oxygen atoms in total. The number of aromatic nitrogens is 1. The second-order valence-electron chi connectivity index (χ2n) is 7.34. The van der Waals surface area contributed by atoms with Crippen LogP contribution in [0, 0.1) is 5.92 Å². The minimum atomic E-state index is -0.291. The first-order chi connectivity index (χ1) is 14.4. The molecule has 0 saturated heterocycles. The standard InChI is InChI=1S/C24H23ClN2O3/c1-16(2)15-30-22-11-10-20(25)12-19(22)13-21-4-3-5-23(26-21)27-24(29)18-8-6-17(14-28)7-9-18/h3-12,14,16H,13,15H2,1-2H3,(H,26,27,29). The van der Waals surface area contributed by atoms with E-state index in [1.54, 1.807) is 36.4 Å². The lowest BCUT2D eigenvalue weighted by Crippen LogP contribution is -2.13. The Morgan fingerprint density at radius 2 is 1.90 bits per heavy atom. The molecule has 0 atom stereocenters. The van der Waals surface area contributed by atoms with E-state index < -0.39 is 0 Å². The Hall–Kier alpha value is -3.18. The van der Waals surface area contributed by atoms with E-state index in [0.29, 0.717) is 40.9 Å². The zero-order chi connectivity index (χ0) is 21.5. The van der Waals surface area contributed by atoms with Gasteiger partial charge in [0.25, 0.3) is 5.91 Å². The molecule has 0 radical (unpaired) electrons. The highest BCUT2D eigenvalue weighted by atomic mass is 35.5. The molecule has 0 fully saturated rings. The minimum Gasteiger partial charge on any atom is -0.493 e. The Kier molecular flexibility index (Phi) is 7.20. The predicted octanol–water partition coefficient (Wildman–Crippen LogP) is 5.43. The lowest BCUT2D eigenvalue weighted by Gasteiger charge is -2.14. The van der Waals surface area contributed by atoms with Gasteiger partial charge in [-0.3, -0.25) is 9.59 Å². The molecule has 3 rings (SSSR count). The second kappa shape index (κ2) is 10.0. The summed E-state index contributed by atoms with van der Waals surface area (Å²) in [6.45, 7) is 4.80. The SMILES string of the molecule is CC(C)COc1ccc(Cl)cc1Cc1cccc(NC(=O)c2ccc(C=O)cc2)n1. The minimum absolute atomic E-state index is 0.291. The summed E-state index contributed by atoms with van der Waals surface area (Å²) >= 11 is 6.18. The van der Waals surface area contributed by atoms with Gasteiger partial charge < -0.3 is 10.1 Å². The Labute approximate surface area is 181 Å². The number of benzene rings is 2. The van der Waals surface area contributed by atoms with E-state index in [2.05, 4.69) is 24.1 Å². The highest BCUT2D eigenvalue weighted by molar-refractivity contribution is 6.30. The topological polar surface area (TPSA) is 68.3 Å². The number of nitrogens with one attached hydrogen (secondary N) is 1. The second-order valence-corrected chi connectivity index (χ2v) is 7.78. The fourth-order valence-electron chi connectivity index (χ4n) is 2.83. The molecule has 0 bridgehead atoms. The molecule has 154 valence electrons. The van der Waals surface area contributed by atoms with Crippen LogP contribution in [0.4, 0.5) is 5.82 Å². The van der Waals surface area contributed by atoms with E-state index in [9.17, 15) is 9.59 Å². The number of aldehydes is 1. The largest absolute Gasteiger partial charge is 0.493 e. The molecule has 1 heterocycles. The smallest absolute Gasteiger partial charge is 0.256 e. The average Bonchev–Trinajstić information content (AvgIpc) is 2.73. The van der Waals surface area contributed by atoms with Crippen LogP contribution in [0.1, 0.15) is 45.8 Å². The van der Waals surface area contributed by atoms with Crippen molar-refractivity contribution in [1.29, 1.82) is 0 Å². The molecule has 1 aromatic heterocycles. The molecule has 0 aliphatic carbocycles. The van der Waals surface area contributed by atoms with Gasteiger partial charge in [0.1, 0.15) is 17.9 Å². The monoisotopic (exact) mass is 422 g/mol. The normalized spacial score (nSPS) is 10.7. The van der Waals surface area contributed by atoms with Crippen molar-refractivity contribution in [2.45, 2.75) is 20.3 Å². The fraction of sp³-hybridized carbons (Fsp3) is 0.208. The van der Waals surface area contributed by atoms with E-state index in [-0.39, 0.29) is 5.91 Å². The summed E-state index contributed by atoms with van der Waals surface area (Å²) in [6.07, 6.45) is 1.26. The van der Waals surface area contributed by atoms with Crippen molar-refractivity contribution in [3.8, 4) is 5.75 Å². The third-order valence-corrected chi connectivity index (χ3v) is 4.56. The van der Waals surface area contributed by atoms with Crippen LogP contribution < -0.4 is 10.1 Å². The molecule has 1 N–H and O–H groups in total. The molecule has 0 unspecified atom stereocenters. The van der Waals surface area contributed by atoms with Crippen molar-refractivity contribution in [2.24, 2.45) is 5.92 Å². The van der Waals surface area contributed by atoms with Gasteiger partial charge in [-0.1, -0.05) is 43.6 Å². The number of carbonyl (C=O) groups is 2. The summed E-state index contributed by atoms with van der Waals surface area (Å²) in [5.41, 5.74) is 2.68. The summed E-state index contributed by atoms with van der Waals surface area (Å²) < 4.78 is 5.92. The Balaban J connectivity index is 1.74. The van der Waals surface area contributed by atoms with Crippen molar-refractivity contribution < 1.29 is 14.3 Å². The number of rotatable bonds is 8. The summed E-state index contributed by atoms with van der Waals surface area (Å²) in [5.74, 6) is 1.34.